The van der Waals surface area contributed by atoms with E-state index in [2.05, 4.69) is 28.6 Å². The van der Waals surface area contributed by atoms with Gasteiger partial charge in [0.2, 0.25) is 23.6 Å². The number of aliphatic carboxylic acids is 1. The lowest BCUT2D eigenvalue weighted by atomic mass is 10.1. The van der Waals surface area contributed by atoms with Gasteiger partial charge in [0.05, 0.1) is 12.6 Å². The summed E-state index contributed by atoms with van der Waals surface area (Å²) in [6, 6.07) is -4.94. The molecule has 0 spiro atoms. The Morgan fingerprint density at radius 1 is 0.967 bits per heavy atom. The maximum atomic E-state index is 12.5. The molecule has 0 aliphatic heterocycles. The van der Waals surface area contributed by atoms with Crippen LogP contribution in [0.5, 0.6) is 0 Å². The van der Waals surface area contributed by atoms with Crippen LogP contribution in [0.2, 0.25) is 0 Å². The number of carboxylic acid groups (broad SMARTS) is 1. The summed E-state index contributed by atoms with van der Waals surface area (Å²) in [5.74, 6) is -4.08. The first-order valence-electron chi connectivity index (χ1n) is 8.95. The van der Waals surface area contributed by atoms with Crippen molar-refractivity contribution in [1.82, 2.24) is 16.0 Å². The first-order valence-corrected chi connectivity index (χ1v) is 11.0. The van der Waals surface area contributed by atoms with Gasteiger partial charge in [0, 0.05) is 12.2 Å². The van der Waals surface area contributed by atoms with E-state index in [0.717, 1.165) is 0 Å². The molecule has 4 amide bonds. The lowest BCUT2D eigenvalue weighted by Gasteiger charge is -2.24. The van der Waals surface area contributed by atoms with Crippen LogP contribution in [0, 0.1) is 0 Å². The zero-order chi connectivity index (χ0) is 23.3. The lowest BCUT2D eigenvalue weighted by Crippen LogP contribution is -2.58. The minimum absolute atomic E-state index is 0.156. The van der Waals surface area contributed by atoms with Crippen LogP contribution in [-0.4, -0.2) is 88.3 Å². The van der Waals surface area contributed by atoms with Crippen molar-refractivity contribution in [3.05, 3.63) is 0 Å². The van der Waals surface area contributed by atoms with Crippen LogP contribution in [0.25, 0.3) is 0 Å². The van der Waals surface area contributed by atoms with Gasteiger partial charge >= 0.3 is 5.97 Å². The topological polar surface area (TPSA) is 214 Å². The van der Waals surface area contributed by atoms with Crippen LogP contribution in [0.1, 0.15) is 19.3 Å². The van der Waals surface area contributed by atoms with Gasteiger partial charge in [-0.15, -0.1) is 0 Å². The van der Waals surface area contributed by atoms with Crippen LogP contribution in [0.4, 0.5) is 0 Å². The fraction of sp³-hybridized carbons (Fsp3) is 0.688. The highest BCUT2D eigenvalue weighted by Crippen LogP contribution is 2.03. The highest BCUT2D eigenvalue weighted by Gasteiger charge is 2.29. The number of carbonyl (C=O) groups excluding carboxylic acids is 4. The molecule has 9 N–H and O–H groups in total. The van der Waals surface area contributed by atoms with Crippen LogP contribution >= 0.6 is 24.4 Å². The molecule has 4 atom stereocenters. The SMILES string of the molecule is CSCCC(N)C(=O)NC(CCC(N)=O)C(=O)NC(CO)C(=O)NC(CS)C(=O)O. The Balaban J connectivity index is 5.17. The van der Waals surface area contributed by atoms with Crippen molar-refractivity contribution in [1.29, 1.82) is 0 Å². The van der Waals surface area contributed by atoms with E-state index in [0.29, 0.717) is 12.2 Å². The van der Waals surface area contributed by atoms with Crippen molar-refractivity contribution >= 4 is 54.0 Å². The molecule has 0 aromatic heterocycles. The molecule has 172 valence electrons. The molecule has 4 unspecified atom stereocenters. The quantitative estimate of drug-likeness (QED) is 0.114. The van der Waals surface area contributed by atoms with E-state index in [-0.39, 0.29) is 18.6 Å². The summed E-state index contributed by atoms with van der Waals surface area (Å²) >= 11 is 5.30. The largest absolute Gasteiger partial charge is 0.480 e. The third-order valence-corrected chi connectivity index (χ3v) is 4.90. The number of thioether (sulfide) groups is 1. The second-order valence-electron chi connectivity index (χ2n) is 6.28. The highest BCUT2D eigenvalue weighted by molar-refractivity contribution is 7.98. The smallest absolute Gasteiger partial charge is 0.327 e. The van der Waals surface area contributed by atoms with Gasteiger partial charge in [0.25, 0.3) is 0 Å². The van der Waals surface area contributed by atoms with Gasteiger partial charge in [-0.3, -0.25) is 19.2 Å². The molecule has 0 aliphatic carbocycles. The van der Waals surface area contributed by atoms with Crippen LogP contribution in [0.15, 0.2) is 0 Å². The number of nitrogens with two attached hydrogens (primary N) is 2. The fourth-order valence-electron chi connectivity index (χ4n) is 2.13. The second-order valence-corrected chi connectivity index (χ2v) is 7.63. The number of hydrogen-bond acceptors (Lipinski definition) is 9. The number of carbonyl (C=O) groups is 5. The Kier molecular flexibility index (Phi) is 13.9. The Labute approximate surface area is 183 Å². The maximum Gasteiger partial charge on any atom is 0.327 e. The lowest BCUT2D eigenvalue weighted by molar-refractivity contribution is -0.142. The van der Waals surface area contributed by atoms with E-state index >= 15 is 0 Å². The van der Waals surface area contributed by atoms with Gasteiger partial charge in [-0.25, -0.2) is 4.79 Å². The molecule has 0 fully saturated rings. The van der Waals surface area contributed by atoms with Crippen molar-refractivity contribution < 1.29 is 34.2 Å². The minimum Gasteiger partial charge on any atom is -0.480 e. The first kappa shape index (κ1) is 28.0. The molecule has 30 heavy (non-hydrogen) atoms. The van der Waals surface area contributed by atoms with Gasteiger partial charge in [0.15, 0.2) is 0 Å². The van der Waals surface area contributed by atoms with Crippen molar-refractivity contribution in [3.63, 3.8) is 0 Å². The van der Waals surface area contributed by atoms with E-state index in [9.17, 15) is 29.1 Å². The average molecular weight is 468 g/mol. The number of aliphatic hydroxyl groups is 1. The van der Waals surface area contributed by atoms with E-state index in [1.54, 1.807) is 0 Å². The molecule has 0 aromatic rings. The van der Waals surface area contributed by atoms with Crippen molar-refractivity contribution in [2.45, 2.75) is 43.4 Å². The summed E-state index contributed by atoms with van der Waals surface area (Å²) in [5.41, 5.74) is 10.9. The molecule has 12 nitrogen and oxygen atoms in total. The summed E-state index contributed by atoms with van der Waals surface area (Å²) in [6.45, 7) is -0.833. The summed E-state index contributed by atoms with van der Waals surface area (Å²) in [5, 5.41) is 25.1. The first-order chi connectivity index (χ1) is 14.1. The van der Waals surface area contributed by atoms with E-state index < -0.39 is 60.4 Å². The summed E-state index contributed by atoms with van der Waals surface area (Å²) in [4.78, 5) is 59.0. The highest BCUT2D eigenvalue weighted by atomic mass is 32.2. The van der Waals surface area contributed by atoms with Gasteiger partial charge in [-0.2, -0.15) is 24.4 Å². The average Bonchev–Trinajstić information content (AvgIpc) is 2.70. The molecule has 0 saturated carbocycles. The zero-order valence-corrected chi connectivity index (χ0v) is 18.2. The van der Waals surface area contributed by atoms with Crippen molar-refractivity contribution in [2.75, 3.05) is 24.4 Å². The maximum absolute atomic E-state index is 12.5. The van der Waals surface area contributed by atoms with Crippen molar-refractivity contribution in [3.8, 4) is 0 Å². The second kappa shape index (κ2) is 14.9. The number of nitrogens with one attached hydrogen (secondary N) is 3. The third-order valence-electron chi connectivity index (χ3n) is 3.89. The molecule has 0 rings (SSSR count). The molecule has 0 radical (unpaired) electrons. The summed E-state index contributed by atoms with van der Waals surface area (Å²) in [6.07, 6.45) is 1.82. The molecule has 0 aromatic carbocycles. The number of thiol groups is 1. The van der Waals surface area contributed by atoms with Gasteiger partial charge < -0.3 is 37.6 Å². The zero-order valence-electron chi connectivity index (χ0n) is 16.5. The molecule has 0 aliphatic rings. The van der Waals surface area contributed by atoms with E-state index in [4.69, 9.17) is 16.6 Å². The van der Waals surface area contributed by atoms with Gasteiger partial charge in [0.1, 0.15) is 18.1 Å². The van der Waals surface area contributed by atoms with E-state index in [1.165, 1.54) is 11.8 Å². The normalized spacial score (nSPS) is 14.7. The third kappa shape index (κ3) is 10.7. The summed E-state index contributed by atoms with van der Waals surface area (Å²) < 4.78 is 0. The van der Waals surface area contributed by atoms with Crippen LogP contribution in [0.3, 0.4) is 0 Å². The standard InChI is InChI=1S/C16H29N5O7S2/c1-30-5-4-8(17)13(24)19-9(2-3-12(18)23)14(25)20-10(6-22)15(26)21-11(7-29)16(27)28/h8-11,22,29H,2-7,17H2,1H3,(H2,18,23)(H,19,24)(H,20,25)(H,21,26)(H,27,28). The fourth-order valence-corrected chi connectivity index (χ4v) is 2.87. The predicted octanol–water partition coefficient (Wildman–Crippen LogP) is -3.21. The van der Waals surface area contributed by atoms with E-state index in [1.807, 2.05) is 6.26 Å². The molecule has 0 bridgehead atoms. The van der Waals surface area contributed by atoms with Gasteiger partial charge in [-0.1, -0.05) is 0 Å². The van der Waals surface area contributed by atoms with Crippen LogP contribution < -0.4 is 27.4 Å². The van der Waals surface area contributed by atoms with Gasteiger partial charge in [-0.05, 0) is 24.9 Å². The predicted molar refractivity (Wildman–Crippen MR) is 114 cm³/mol. The minimum atomic E-state index is -1.49. The Morgan fingerprint density at radius 3 is 1.97 bits per heavy atom. The molecule has 0 saturated heterocycles. The molecule has 14 heteroatoms. The summed E-state index contributed by atoms with van der Waals surface area (Å²) in [7, 11) is 0. The number of aliphatic hydroxyl groups excluding tert-OH is 1. The number of carboxylic acids is 1. The number of primary amides is 1. The number of amides is 4. The Bertz CT molecular complexity index is 623. The molecule has 0 heterocycles. The Hall–Kier alpha value is -2.03. The monoisotopic (exact) mass is 467 g/mol. The molecular formula is C16H29N5O7S2. The molecular weight excluding hydrogens is 438 g/mol. The Morgan fingerprint density at radius 2 is 1.50 bits per heavy atom. The van der Waals surface area contributed by atoms with Crippen molar-refractivity contribution in [2.24, 2.45) is 11.5 Å². The van der Waals surface area contributed by atoms with Crippen LogP contribution in [-0.2, 0) is 24.0 Å². The number of hydrogen-bond donors (Lipinski definition) is 8. The number of rotatable bonds is 15.